The van der Waals surface area contributed by atoms with E-state index >= 15 is 0 Å². The van der Waals surface area contributed by atoms with Crippen molar-refractivity contribution in [1.29, 1.82) is 0 Å². The van der Waals surface area contributed by atoms with Crippen LogP contribution < -0.4 is 11.2 Å². The molecule has 0 aliphatic carbocycles. The summed E-state index contributed by atoms with van der Waals surface area (Å²) in [6.07, 6.45) is 3.76. The van der Waals surface area contributed by atoms with Crippen molar-refractivity contribution in [2.75, 3.05) is 13.1 Å². The van der Waals surface area contributed by atoms with Gasteiger partial charge in [0.15, 0.2) is 0 Å². The Hall–Kier alpha value is -2.19. The zero-order valence-corrected chi connectivity index (χ0v) is 13.2. The second kappa shape index (κ2) is 5.78. The highest BCUT2D eigenvalue weighted by atomic mass is 16.3. The average Bonchev–Trinajstić information content (AvgIpc) is 2.98. The Balaban J connectivity index is 1.90. The molecule has 124 valence electrons. The lowest BCUT2D eigenvalue weighted by atomic mass is 9.88. The van der Waals surface area contributed by atoms with E-state index in [1.54, 1.807) is 20.0 Å². The van der Waals surface area contributed by atoms with Gasteiger partial charge in [0.25, 0.3) is 5.56 Å². The molecule has 0 aromatic carbocycles. The summed E-state index contributed by atoms with van der Waals surface area (Å²) in [5, 5.41) is 17.6. The molecule has 1 aliphatic heterocycles. The van der Waals surface area contributed by atoms with Gasteiger partial charge in [0.1, 0.15) is 0 Å². The normalized spacial score (nSPS) is 25.6. The third-order valence-electron chi connectivity index (χ3n) is 4.52. The standard InChI is InChI=1S/C15H21N5O3/c1-10-7-20(14(22)17-13(10)21)12-9-19(6-4-15(12,2)23)8-11-3-5-16-18-11/h3,5,7,12,23H,4,6,8-9H2,1-2H3,(H,16,18)(H,17,21,22)/t12-,15-/m1/s1. The summed E-state index contributed by atoms with van der Waals surface area (Å²) in [7, 11) is 0. The van der Waals surface area contributed by atoms with E-state index in [-0.39, 0.29) is 0 Å². The number of aryl methyl sites for hydroxylation is 1. The van der Waals surface area contributed by atoms with Crippen molar-refractivity contribution in [3.05, 3.63) is 50.6 Å². The highest BCUT2D eigenvalue weighted by Gasteiger charge is 2.39. The minimum Gasteiger partial charge on any atom is -0.388 e. The number of H-pyrrole nitrogens is 2. The lowest BCUT2D eigenvalue weighted by Crippen LogP contribution is -2.53. The van der Waals surface area contributed by atoms with E-state index in [4.69, 9.17) is 0 Å². The first kappa shape index (κ1) is 15.7. The fourth-order valence-electron chi connectivity index (χ4n) is 3.05. The number of hydrogen-bond donors (Lipinski definition) is 3. The Morgan fingerprint density at radius 1 is 1.48 bits per heavy atom. The molecule has 0 radical (unpaired) electrons. The summed E-state index contributed by atoms with van der Waals surface area (Å²) in [5.41, 5.74) is -0.467. The predicted molar refractivity (Wildman–Crippen MR) is 84.2 cm³/mol. The number of aliphatic hydroxyl groups is 1. The van der Waals surface area contributed by atoms with Gasteiger partial charge in [-0.05, 0) is 26.3 Å². The quantitative estimate of drug-likeness (QED) is 0.724. The van der Waals surface area contributed by atoms with Crippen molar-refractivity contribution in [3.8, 4) is 0 Å². The molecule has 2 atom stereocenters. The SMILES string of the molecule is Cc1cn([C@@H]2CN(Cc3ccn[nH]3)CC[C@@]2(C)O)c(=O)[nH]c1=O. The Morgan fingerprint density at radius 3 is 2.96 bits per heavy atom. The van der Waals surface area contributed by atoms with Gasteiger partial charge in [0.2, 0.25) is 0 Å². The Morgan fingerprint density at radius 2 is 2.26 bits per heavy atom. The van der Waals surface area contributed by atoms with Crippen LogP contribution in [0.15, 0.2) is 28.0 Å². The molecule has 0 spiro atoms. The first-order valence-corrected chi connectivity index (χ1v) is 7.62. The van der Waals surface area contributed by atoms with E-state index in [0.29, 0.717) is 25.1 Å². The minimum absolute atomic E-state index is 0.393. The van der Waals surface area contributed by atoms with E-state index in [2.05, 4.69) is 20.1 Å². The monoisotopic (exact) mass is 319 g/mol. The van der Waals surface area contributed by atoms with Gasteiger partial charge in [-0.25, -0.2) is 4.79 Å². The second-order valence-electron chi connectivity index (χ2n) is 6.42. The number of aromatic nitrogens is 4. The predicted octanol–water partition coefficient (Wildman–Crippen LogP) is -0.234. The maximum absolute atomic E-state index is 12.2. The molecule has 1 saturated heterocycles. The minimum atomic E-state index is -1.01. The van der Waals surface area contributed by atoms with Crippen LogP contribution >= 0.6 is 0 Å². The summed E-state index contributed by atoms with van der Waals surface area (Å²) in [5.74, 6) is 0. The molecule has 0 unspecified atom stereocenters. The topological polar surface area (TPSA) is 107 Å². The fourth-order valence-corrected chi connectivity index (χ4v) is 3.05. The molecular weight excluding hydrogens is 298 g/mol. The molecule has 2 aromatic heterocycles. The molecule has 0 saturated carbocycles. The molecule has 2 aromatic rings. The van der Waals surface area contributed by atoms with E-state index in [0.717, 1.165) is 12.2 Å². The molecular formula is C15H21N5O3. The van der Waals surface area contributed by atoms with Crippen LogP contribution in [0, 0.1) is 6.92 Å². The van der Waals surface area contributed by atoms with Crippen molar-refractivity contribution >= 4 is 0 Å². The van der Waals surface area contributed by atoms with Crippen LogP contribution in [0.1, 0.15) is 30.6 Å². The van der Waals surface area contributed by atoms with Crippen molar-refractivity contribution in [1.82, 2.24) is 24.6 Å². The largest absolute Gasteiger partial charge is 0.388 e. The molecule has 3 heterocycles. The highest BCUT2D eigenvalue weighted by molar-refractivity contribution is 5.06. The molecule has 23 heavy (non-hydrogen) atoms. The Kier molecular flexibility index (Phi) is 3.95. The van der Waals surface area contributed by atoms with Crippen LogP contribution in [0.4, 0.5) is 0 Å². The van der Waals surface area contributed by atoms with E-state index in [1.807, 2.05) is 6.07 Å². The third kappa shape index (κ3) is 3.13. The molecule has 3 rings (SSSR count). The zero-order valence-electron chi connectivity index (χ0n) is 13.2. The van der Waals surface area contributed by atoms with Gasteiger partial charge in [-0.15, -0.1) is 0 Å². The summed E-state index contributed by atoms with van der Waals surface area (Å²) in [4.78, 5) is 28.2. The van der Waals surface area contributed by atoms with Crippen LogP contribution in [0.5, 0.6) is 0 Å². The van der Waals surface area contributed by atoms with E-state index < -0.39 is 22.9 Å². The summed E-state index contributed by atoms with van der Waals surface area (Å²) < 4.78 is 1.44. The maximum Gasteiger partial charge on any atom is 0.328 e. The van der Waals surface area contributed by atoms with Crippen LogP contribution in [-0.2, 0) is 6.54 Å². The van der Waals surface area contributed by atoms with Gasteiger partial charge in [-0.3, -0.25) is 24.3 Å². The molecule has 0 amide bonds. The number of hydrogen-bond acceptors (Lipinski definition) is 5. The number of likely N-dealkylation sites (tertiary alicyclic amines) is 1. The summed E-state index contributed by atoms with van der Waals surface area (Å²) in [6, 6.07) is 1.47. The van der Waals surface area contributed by atoms with Crippen molar-refractivity contribution in [3.63, 3.8) is 0 Å². The molecule has 0 bridgehead atoms. The Labute approximate surface area is 132 Å². The lowest BCUT2D eigenvalue weighted by molar-refractivity contribution is -0.0545. The van der Waals surface area contributed by atoms with Gasteiger partial charge >= 0.3 is 5.69 Å². The maximum atomic E-state index is 12.2. The molecule has 1 fully saturated rings. The molecule has 8 nitrogen and oxygen atoms in total. The van der Waals surface area contributed by atoms with Crippen LogP contribution in [0.3, 0.4) is 0 Å². The number of nitrogens with one attached hydrogen (secondary N) is 2. The molecule has 3 N–H and O–H groups in total. The van der Waals surface area contributed by atoms with E-state index in [1.165, 1.54) is 10.8 Å². The first-order valence-electron chi connectivity index (χ1n) is 7.62. The van der Waals surface area contributed by atoms with Gasteiger partial charge in [-0.1, -0.05) is 0 Å². The smallest absolute Gasteiger partial charge is 0.328 e. The number of rotatable bonds is 3. The molecule has 1 aliphatic rings. The first-order chi connectivity index (χ1) is 10.9. The summed E-state index contributed by atoms with van der Waals surface area (Å²) in [6.45, 7) is 5.29. The zero-order chi connectivity index (χ0) is 16.6. The fraction of sp³-hybridized carbons (Fsp3) is 0.533. The average molecular weight is 319 g/mol. The number of aromatic amines is 2. The van der Waals surface area contributed by atoms with E-state index in [9.17, 15) is 14.7 Å². The van der Waals surface area contributed by atoms with Gasteiger partial charge in [-0.2, -0.15) is 5.10 Å². The van der Waals surface area contributed by atoms with Gasteiger partial charge < -0.3 is 5.11 Å². The van der Waals surface area contributed by atoms with Crippen molar-refractivity contribution in [2.24, 2.45) is 0 Å². The summed E-state index contributed by atoms with van der Waals surface area (Å²) >= 11 is 0. The second-order valence-corrected chi connectivity index (χ2v) is 6.42. The third-order valence-corrected chi connectivity index (χ3v) is 4.52. The number of nitrogens with zero attached hydrogens (tertiary/aromatic N) is 3. The number of piperidine rings is 1. The van der Waals surface area contributed by atoms with Gasteiger partial charge in [0.05, 0.1) is 11.6 Å². The van der Waals surface area contributed by atoms with Crippen LogP contribution in [-0.4, -0.2) is 48.4 Å². The van der Waals surface area contributed by atoms with Crippen LogP contribution in [0.2, 0.25) is 0 Å². The van der Waals surface area contributed by atoms with Crippen molar-refractivity contribution < 1.29 is 5.11 Å². The van der Waals surface area contributed by atoms with Gasteiger partial charge in [0, 0.05) is 43.3 Å². The van der Waals surface area contributed by atoms with Crippen molar-refractivity contribution in [2.45, 2.75) is 38.5 Å². The highest BCUT2D eigenvalue weighted by Crippen LogP contribution is 2.31. The molecule has 8 heteroatoms. The van der Waals surface area contributed by atoms with Crippen LogP contribution in [0.25, 0.3) is 0 Å². The Bertz CT molecular complexity index is 790. The lowest BCUT2D eigenvalue weighted by Gasteiger charge is -2.43.